The van der Waals surface area contributed by atoms with Crippen LogP contribution in [0, 0.1) is 15.9 Å². The highest BCUT2D eigenvalue weighted by Crippen LogP contribution is 2.11. The van der Waals surface area contributed by atoms with Crippen molar-refractivity contribution in [1.29, 1.82) is 0 Å². The second-order valence-corrected chi connectivity index (χ2v) is 2.66. The summed E-state index contributed by atoms with van der Waals surface area (Å²) in [7, 11) is 0. The van der Waals surface area contributed by atoms with Crippen molar-refractivity contribution >= 4 is 17.7 Å². The monoisotopic (exact) mass is 201 g/mol. The summed E-state index contributed by atoms with van der Waals surface area (Å²) in [5, 5.41) is 9.61. The third-order valence-electron chi connectivity index (χ3n) is 1.33. The largest absolute Gasteiger partial charge is 0.337 e. The fourth-order valence-corrected chi connectivity index (χ4v) is 0.875. The molecule has 0 radical (unpaired) electrons. The molecule has 0 unspecified atom stereocenters. The minimum atomic E-state index is -0.717. The van der Waals surface area contributed by atoms with Gasteiger partial charge in [-0.25, -0.2) is 4.39 Å². The van der Waals surface area contributed by atoms with Crippen LogP contribution < -0.4 is 0 Å². The van der Waals surface area contributed by atoms with E-state index in [1.54, 1.807) is 0 Å². The molecule has 0 atom stereocenters. The summed E-state index contributed by atoms with van der Waals surface area (Å²) in [4.78, 5) is 9.38. The predicted octanol–water partition coefficient (Wildman–Crippen LogP) is 2.64. The first-order valence-electron chi connectivity index (χ1n) is 3.37. The van der Waals surface area contributed by atoms with Gasteiger partial charge < -0.3 is 0 Å². The third kappa shape index (κ3) is 2.83. The first kappa shape index (κ1) is 9.67. The molecule has 5 heteroatoms. The number of hydrogen-bond donors (Lipinski definition) is 0. The standard InChI is InChI=1S/C8H5ClFNO2/c9-8(11(12)13)5-6-1-3-7(10)4-2-6/h1-5H/b8-5+. The second kappa shape index (κ2) is 4.00. The van der Waals surface area contributed by atoms with E-state index in [1.807, 2.05) is 0 Å². The summed E-state index contributed by atoms with van der Waals surface area (Å²) in [5.74, 6) is -0.394. The van der Waals surface area contributed by atoms with Crippen molar-refractivity contribution in [1.82, 2.24) is 0 Å². The molecule has 0 amide bonds. The number of nitro groups is 1. The Kier molecular flexibility index (Phi) is 2.97. The first-order valence-corrected chi connectivity index (χ1v) is 3.74. The van der Waals surface area contributed by atoms with Gasteiger partial charge in [-0.3, -0.25) is 10.1 Å². The van der Waals surface area contributed by atoms with Gasteiger partial charge in [-0.2, -0.15) is 0 Å². The average Bonchev–Trinajstić information content (AvgIpc) is 2.08. The zero-order valence-corrected chi connectivity index (χ0v) is 7.16. The van der Waals surface area contributed by atoms with Crippen LogP contribution >= 0.6 is 11.6 Å². The van der Waals surface area contributed by atoms with Gasteiger partial charge in [0.25, 0.3) is 0 Å². The summed E-state index contributed by atoms with van der Waals surface area (Å²) in [5.41, 5.74) is 0.489. The number of rotatable bonds is 2. The molecule has 0 aliphatic rings. The molecule has 3 nitrogen and oxygen atoms in total. The van der Waals surface area contributed by atoms with Crippen LogP contribution in [0.15, 0.2) is 29.4 Å². The van der Waals surface area contributed by atoms with E-state index >= 15 is 0 Å². The van der Waals surface area contributed by atoms with Gasteiger partial charge in [0.1, 0.15) is 5.82 Å². The second-order valence-electron chi connectivity index (χ2n) is 2.28. The molecule has 0 N–H and O–H groups in total. The molecule has 0 saturated carbocycles. The maximum absolute atomic E-state index is 12.4. The van der Waals surface area contributed by atoms with E-state index in [0.717, 1.165) is 6.08 Å². The summed E-state index contributed by atoms with van der Waals surface area (Å²) >= 11 is 5.26. The van der Waals surface area contributed by atoms with Crippen molar-refractivity contribution in [3.63, 3.8) is 0 Å². The third-order valence-corrected chi connectivity index (χ3v) is 1.58. The van der Waals surface area contributed by atoms with Crippen molar-refractivity contribution in [2.45, 2.75) is 0 Å². The molecule has 0 saturated heterocycles. The minimum Gasteiger partial charge on any atom is -0.257 e. The van der Waals surface area contributed by atoms with Crippen LogP contribution in [0.25, 0.3) is 6.08 Å². The molecular formula is C8H5ClFNO2. The van der Waals surface area contributed by atoms with Crippen LogP contribution in [0.4, 0.5) is 4.39 Å². The quantitative estimate of drug-likeness (QED) is 0.419. The van der Waals surface area contributed by atoms with E-state index in [9.17, 15) is 14.5 Å². The van der Waals surface area contributed by atoms with Crippen molar-refractivity contribution in [3.8, 4) is 0 Å². The van der Waals surface area contributed by atoms with Gasteiger partial charge in [-0.05, 0) is 29.3 Å². The summed E-state index contributed by atoms with van der Waals surface area (Å²) < 4.78 is 12.4. The molecule has 0 bridgehead atoms. The van der Waals surface area contributed by atoms with Gasteiger partial charge in [0, 0.05) is 6.08 Å². The van der Waals surface area contributed by atoms with Gasteiger partial charge in [0.05, 0.1) is 4.92 Å². The molecule has 1 aromatic carbocycles. The van der Waals surface area contributed by atoms with E-state index in [2.05, 4.69) is 0 Å². The fourth-order valence-electron chi connectivity index (χ4n) is 0.749. The molecule has 13 heavy (non-hydrogen) atoms. The summed E-state index contributed by atoms with van der Waals surface area (Å²) in [6.45, 7) is 0. The topological polar surface area (TPSA) is 43.1 Å². The van der Waals surface area contributed by atoms with E-state index < -0.39 is 15.9 Å². The van der Waals surface area contributed by atoms with Gasteiger partial charge in [0.2, 0.25) is 0 Å². The fraction of sp³-hybridized carbons (Fsp3) is 0. The Morgan fingerprint density at radius 3 is 2.46 bits per heavy atom. The average molecular weight is 202 g/mol. The number of nitrogens with zero attached hydrogens (tertiary/aromatic N) is 1. The molecule has 0 aromatic heterocycles. The Morgan fingerprint density at radius 1 is 1.46 bits per heavy atom. The number of hydrogen-bond acceptors (Lipinski definition) is 2. The van der Waals surface area contributed by atoms with E-state index in [-0.39, 0.29) is 0 Å². The highest BCUT2D eigenvalue weighted by atomic mass is 35.5. The van der Waals surface area contributed by atoms with Gasteiger partial charge in [-0.15, -0.1) is 0 Å². The molecule has 1 rings (SSSR count). The van der Waals surface area contributed by atoms with Gasteiger partial charge in [0.15, 0.2) is 0 Å². The van der Waals surface area contributed by atoms with Crippen LogP contribution in [0.3, 0.4) is 0 Å². The lowest BCUT2D eigenvalue weighted by atomic mass is 10.2. The smallest absolute Gasteiger partial charge is 0.257 e. The van der Waals surface area contributed by atoms with Gasteiger partial charge >= 0.3 is 5.16 Å². The Bertz CT molecular complexity index is 348. The minimum absolute atomic E-state index is 0.394. The van der Waals surface area contributed by atoms with Crippen LogP contribution in [-0.4, -0.2) is 4.92 Å². The molecule has 0 heterocycles. The van der Waals surface area contributed by atoms with Crippen LogP contribution in [0.1, 0.15) is 5.56 Å². The zero-order chi connectivity index (χ0) is 9.84. The van der Waals surface area contributed by atoms with E-state index in [0.29, 0.717) is 5.56 Å². The van der Waals surface area contributed by atoms with Crippen molar-refractivity contribution < 1.29 is 9.31 Å². The molecule has 1 aromatic rings. The van der Waals surface area contributed by atoms with E-state index in [4.69, 9.17) is 11.6 Å². The Labute approximate surface area is 78.6 Å². The summed E-state index contributed by atoms with van der Waals surface area (Å²) in [6, 6.07) is 5.22. The van der Waals surface area contributed by atoms with Crippen molar-refractivity contribution in [3.05, 3.63) is 50.9 Å². The summed E-state index contributed by atoms with van der Waals surface area (Å²) in [6.07, 6.45) is 1.15. The molecule has 0 aliphatic heterocycles. The van der Waals surface area contributed by atoms with Crippen molar-refractivity contribution in [2.24, 2.45) is 0 Å². The highest BCUT2D eigenvalue weighted by Gasteiger charge is 2.04. The lowest BCUT2D eigenvalue weighted by molar-refractivity contribution is -0.410. The lowest BCUT2D eigenvalue weighted by Crippen LogP contribution is -1.90. The molecule has 68 valence electrons. The highest BCUT2D eigenvalue weighted by molar-refractivity contribution is 6.29. The zero-order valence-electron chi connectivity index (χ0n) is 6.41. The van der Waals surface area contributed by atoms with Crippen LogP contribution in [0.5, 0.6) is 0 Å². The Hall–Kier alpha value is -1.42. The number of halogens is 2. The number of benzene rings is 1. The molecule has 0 fully saturated rings. The lowest BCUT2D eigenvalue weighted by Gasteiger charge is -1.91. The first-order chi connectivity index (χ1) is 6.09. The van der Waals surface area contributed by atoms with Crippen molar-refractivity contribution in [2.75, 3.05) is 0 Å². The van der Waals surface area contributed by atoms with Gasteiger partial charge in [-0.1, -0.05) is 12.1 Å². The SMILES string of the molecule is O=[N+]([O-])/C(Cl)=C/c1ccc(F)cc1. The van der Waals surface area contributed by atoms with Crippen LogP contribution in [-0.2, 0) is 0 Å². The maximum atomic E-state index is 12.4. The Balaban J connectivity index is 2.92. The normalized spacial score (nSPS) is 11.4. The Morgan fingerprint density at radius 2 is 2.00 bits per heavy atom. The molecular weight excluding hydrogens is 197 g/mol. The maximum Gasteiger partial charge on any atom is 0.337 e. The molecule has 0 spiro atoms. The van der Waals surface area contributed by atoms with E-state index in [1.165, 1.54) is 24.3 Å². The van der Waals surface area contributed by atoms with Crippen LogP contribution in [0.2, 0.25) is 0 Å². The predicted molar refractivity (Wildman–Crippen MR) is 47.2 cm³/mol. The molecule has 0 aliphatic carbocycles.